The normalized spacial score (nSPS) is 10.0. The second kappa shape index (κ2) is 5.91. The van der Waals surface area contributed by atoms with Crippen LogP contribution in [0.3, 0.4) is 0 Å². The van der Waals surface area contributed by atoms with Gasteiger partial charge < -0.3 is 9.47 Å². The van der Waals surface area contributed by atoms with E-state index in [9.17, 15) is 13.6 Å². The highest BCUT2D eigenvalue weighted by molar-refractivity contribution is 5.92. The lowest BCUT2D eigenvalue weighted by atomic mass is 10.1. The average Bonchev–Trinajstić information content (AvgIpc) is 2.37. The lowest BCUT2D eigenvalue weighted by molar-refractivity contribution is 0.0521. The van der Waals surface area contributed by atoms with E-state index in [0.29, 0.717) is 0 Å². The summed E-state index contributed by atoms with van der Waals surface area (Å²) in [6, 6.07) is 2.55. The third-order valence-electron chi connectivity index (χ3n) is 2.03. The first-order chi connectivity index (χ1) is 8.54. The van der Waals surface area contributed by atoms with Crippen molar-refractivity contribution >= 4 is 5.97 Å². The van der Waals surface area contributed by atoms with Crippen molar-refractivity contribution in [1.82, 2.24) is 4.98 Å². The molecule has 1 aromatic heterocycles. The molecule has 18 heavy (non-hydrogen) atoms. The molecule has 0 bridgehead atoms. The van der Waals surface area contributed by atoms with E-state index in [-0.39, 0.29) is 23.6 Å². The van der Waals surface area contributed by atoms with Crippen LogP contribution in [-0.2, 0) is 4.74 Å². The molecule has 1 heterocycles. The number of carbonyl (C=O) groups is 1. The van der Waals surface area contributed by atoms with Crippen LogP contribution in [0.4, 0.5) is 8.78 Å². The fourth-order valence-corrected chi connectivity index (χ4v) is 1.28. The molecule has 1 rings (SSSR count). The highest BCUT2D eigenvalue weighted by atomic mass is 19.3. The predicted octanol–water partition coefficient (Wildman–Crippen LogP) is 2.08. The molecule has 0 unspecified atom stereocenters. The van der Waals surface area contributed by atoms with Gasteiger partial charge in [-0.2, -0.15) is 5.26 Å². The van der Waals surface area contributed by atoms with E-state index in [1.807, 2.05) is 0 Å². The van der Waals surface area contributed by atoms with Crippen molar-refractivity contribution in [2.24, 2.45) is 0 Å². The van der Waals surface area contributed by atoms with Crippen LogP contribution in [0.1, 0.15) is 35.0 Å². The zero-order chi connectivity index (χ0) is 13.7. The molecule has 0 aromatic carbocycles. The molecule has 0 aliphatic rings. The number of alkyl halides is 2. The van der Waals surface area contributed by atoms with Crippen LogP contribution < -0.4 is 4.74 Å². The lowest BCUT2D eigenvalue weighted by Gasteiger charge is -2.10. The van der Waals surface area contributed by atoms with Gasteiger partial charge in [-0.3, -0.25) is 0 Å². The van der Waals surface area contributed by atoms with Gasteiger partial charge in [-0.05, 0) is 13.0 Å². The number of carbonyl (C=O) groups excluding carboxylic acids is 1. The summed E-state index contributed by atoms with van der Waals surface area (Å²) >= 11 is 0. The molecule has 0 amide bonds. The van der Waals surface area contributed by atoms with Crippen molar-refractivity contribution in [2.75, 3.05) is 13.7 Å². The Morgan fingerprint density at radius 1 is 1.61 bits per heavy atom. The van der Waals surface area contributed by atoms with Gasteiger partial charge in [0.25, 0.3) is 6.43 Å². The number of hydrogen-bond acceptors (Lipinski definition) is 5. The number of nitriles is 1. The van der Waals surface area contributed by atoms with Crippen molar-refractivity contribution in [3.8, 4) is 11.9 Å². The Labute approximate surface area is 102 Å². The maximum absolute atomic E-state index is 12.6. The maximum Gasteiger partial charge on any atom is 0.343 e. The second-order valence-electron chi connectivity index (χ2n) is 3.11. The molecule has 0 atom stereocenters. The number of esters is 1. The van der Waals surface area contributed by atoms with Crippen molar-refractivity contribution in [2.45, 2.75) is 13.3 Å². The first-order valence-electron chi connectivity index (χ1n) is 4.99. The van der Waals surface area contributed by atoms with E-state index in [0.717, 1.165) is 6.07 Å². The van der Waals surface area contributed by atoms with E-state index in [1.165, 1.54) is 7.11 Å². The van der Waals surface area contributed by atoms with Crippen LogP contribution in [-0.4, -0.2) is 24.7 Å². The Morgan fingerprint density at radius 2 is 2.28 bits per heavy atom. The van der Waals surface area contributed by atoms with Crippen LogP contribution >= 0.6 is 0 Å². The minimum atomic E-state index is -2.93. The molecule has 0 N–H and O–H groups in total. The summed E-state index contributed by atoms with van der Waals surface area (Å²) in [5, 5.41) is 8.75. The third-order valence-corrected chi connectivity index (χ3v) is 2.03. The largest absolute Gasteiger partial charge is 0.480 e. The minimum absolute atomic E-state index is 0.112. The Hall–Kier alpha value is -2.23. The van der Waals surface area contributed by atoms with Crippen LogP contribution in [0.2, 0.25) is 0 Å². The van der Waals surface area contributed by atoms with Crippen LogP contribution in [0.15, 0.2) is 6.07 Å². The molecule has 0 aliphatic carbocycles. The molecular weight excluding hydrogens is 246 g/mol. The Morgan fingerprint density at radius 3 is 2.72 bits per heavy atom. The van der Waals surface area contributed by atoms with Crippen LogP contribution in [0.25, 0.3) is 0 Å². The van der Waals surface area contributed by atoms with Crippen LogP contribution in [0.5, 0.6) is 5.88 Å². The quantitative estimate of drug-likeness (QED) is 0.771. The number of rotatable bonds is 4. The van der Waals surface area contributed by atoms with Gasteiger partial charge in [-0.1, -0.05) is 0 Å². The standard InChI is InChI=1S/C11H10F2N2O3/c1-3-18-11(16)7-4-6(5-14)8(9(12)13)15-10(7)17-2/h4,9H,3H2,1-2H3. The number of ether oxygens (including phenoxy) is 2. The SMILES string of the molecule is CCOC(=O)c1cc(C#N)c(C(F)F)nc1OC. The number of hydrogen-bond donors (Lipinski definition) is 0. The van der Waals surface area contributed by atoms with E-state index >= 15 is 0 Å². The van der Waals surface area contributed by atoms with Gasteiger partial charge in [0.05, 0.1) is 19.3 Å². The summed E-state index contributed by atoms with van der Waals surface area (Å²) in [7, 11) is 1.19. The molecule has 0 saturated carbocycles. The molecule has 7 heteroatoms. The third kappa shape index (κ3) is 2.71. The smallest absolute Gasteiger partial charge is 0.343 e. The summed E-state index contributed by atoms with van der Waals surface area (Å²) < 4.78 is 34.7. The highest BCUT2D eigenvalue weighted by Crippen LogP contribution is 2.26. The van der Waals surface area contributed by atoms with Crippen molar-refractivity contribution in [3.05, 3.63) is 22.9 Å². The van der Waals surface area contributed by atoms with Crippen LogP contribution in [0, 0.1) is 11.3 Å². The van der Waals surface area contributed by atoms with Gasteiger partial charge in [0.15, 0.2) is 0 Å². The number of methoxy groups -OCH3 is 1. The Balaban J connectivity index is 3.36. The Bertz CT molecular complexity index is 498. The van der Waals surface area contributed by atoms with Gasteiger partial charge in [-0.15, -0.1) is 0 Å². The summed E-state index contributed by atoms with van der Waals surface area (Å²) in [4.78, 5) is 15.0. The second-order valence-corrected chi connectivity index (χ2v) is 3.11. The molecule has 0 radical (unpaired) electrons. The highest BCUT2D eigenvalue weighted by Gasteiger charge is 2.23. The van der Waals surface area contributed by atoms with Gasteiger partial charge in [0.2, 0.25) is 5.88 Å². The van der Waals surface area contributed by atoms with Crippen molar-refractivity contribution in [3.63, 3.8) is 0 Å². The average molecular weight is 256 g/mol. The van der Waals surface area contributed by atoms with Gasteiger partial charge in [0.1, 0.15) is 17.3 Å². The topological polar surface area (TPSA) is 72.2 Å². The summed E-state index contributed by atoms with van der Waals surface area (Å²) in [5.74, 6) is -1.07. The van der Waals surface area contributed by atoms with E-state index < -0.39 is 18.1 Å². The monoisotopic (exact) mass is 256 g/mol. The fraction of sp³-hybridized carbons (Fsp3) is 0.364. The van der Waals surface area contributed by atoms with Crippen molar-refractivity contribution in [1.29, 1.82) is 5.26 Å². The zero-order valence-corrected chi connectivity index (χ0v) is 9.74. The Kier molecular flexibility index (Phi) is 4.54. The summed E-state index contributed by atoms with van der Waals surface area (Å²) in [6.07, 6.45) is -2.93. The predicted molar refractivity (Wildman–Crippen MR) is 56.4 cm³/mol. The molecule has 0 saturated heterocycles. The van der Waals surface area contributed by atoms with Crippen molar-refractivity contribution < 1.29 is 23.0 Å². The maximum atomic E-state index is 12.6. The molecule has 0 fully saturated rings. The summed E-state index contributed by atoms with van der Waals surface area (Å²) in [6.45, 7) is 1.71. The van der Waals surface area contributed by atoms with Gasteiger partial charge in [0, 0.05) is 0 Å². The summed E-state index contributed by atoms with van der Waals surface area (Å²) in [5.41, 5.74) is -1.25. The first-order valence-corrected chi connectivity index (χ1v) is 4.99. The number of pyridine rings is 1. The molecule has 0 spiro atoms. The first kappa shape index (κ1) is 13.8. The molecule has 5 nitrogen and oxygen atoms in total. The minimum Gasteiger partial charge on any atom is -0.480 e. The molecule has 96 valence electrons. The lowest BCUT2D eigenvalue weighted by Crippen LogP contribution is -2.10. The molecule has 1 aromatic rings. The van der Waals surface area contributed by atoms with E-state index in [1.54, 1.807) is 13.0 Å². The van der Waals surface area contributed by atoms with E-state index in [4.69, 9.17) is 14.7 Å². The van der Waals surface area contributed by atoms with Gasteiger partial charge in [-0.25, -0.2) is 18.6 Å². The number of nitrogens with zero attached hydrogens (tertiary/aromatic N) is 2. The zero-order valence-electron chi connectivity index (χ0n) is 9.74. The molecular formula is C11H10F2N2O3. The van der Waals surface area contributed by atoms with E-state index in [2.05, 4.69) is 4.98 Å². The molecule has 0 aliphatic heterocycles. The fourth-order valence-electron chi connectivity index (χ4n) is 1.28. The van der Waals surface area contributed by atoms with Gasteiger partial charge >= 0.3 is 5.97 Å². The number of aromatic nitrogens is 1. The number of halogens is 2.